The minimum absolute atomic E-state index is 0. The quantitative estimate of drug-likeness (QED) is 0.0442. The Morgan fingerprint density at radius 3 is 1.17 bits per heavy atom. The molecule has 19 heteroatoms. The van der Waals surface area contributed by atoms with Gasteiger partial charge in [0, 0.05) is 65.2 Å². The average molecular weight is 766 g/mol. The monoisotopic (exact) mass is 765 g/mol. The molecule has 0 saturated heterocycles. The largest absolute Gasteiger partial charge is 0.504 e. The fourth-order valence-corrected chi connectivity index (χ4v) is 4.32. The van der Waals surface area contributed by atoms with Crippen LogP contribution in [0.1, 0.15) is 52.6 Å². The van der Waals surface area contributed by atoms with Gasteiger partial charge in [-0.05, 0) is 48.5 Å². The van der Waals surface area contributed by atoms with Gasteiger partial charge in [-0.15, -0.1) is 0 Å². The SMILES string of the molecule is COc1cc(N=Nc2ccc(C(=O)O)c(C(=O)O)c2)cc(C=N/C=C\N=Cc2cc(N=Nc3ccc(C(=O)O)c(C(=O)O)c3)cc(OC)c2O)c1O.[Mn]. The fraction of sp³-hybridized carbons (Fsp3) is 0.0588. The molecule has 6 N–H and O–H groups in total. The summed E-state index contributed by atoms with van der Waals surface area (Å²) in [5.41, 5.74) is -0.981. The van der Waals surface area contributed by atoms with Gasteiger partial charge in [-0.3, -0.25) is 9.98 Å². The zero-order valence-corrected chi connectivity index (χ0v) is 28.5. The summed E-state index contributed by atoms with van der Waals surface area (Å²) < 4.78 is 10.4. The molecule has 4 aromatic rings. The molecule has 4 aromatic carbocycles. The summed E-state index contributed by atoms with van der Waals surface area (Å²) in [5.74, 6) is -6.24. The number of benzene rings is 4. The first-order chi connectivity index (χ1) is 24.8. The van der Waals surface area contributed by atoms with Gasteiger partial charge < -0.3 is 40.1 Å². The third kappa shape index (κ3) is 10.2. The van der Waals surface area contributed by atoms with Gasteiger partial charge in [-0.25, -0.2) is 19.2 Å². The molecule has 4 rings (SSSR count). The molecule has 0 amide bonds. The molecule has 0 atom stereocenters. The Balaban J connectivity index is 0.00000756. The molecule has 0 aliphatic carbocycles. The van der Waals surface area contributed by atoms with E-state index < -0.39 is 46.1 Å². The van der Waals surface area contributed by atoms with Crippen LogP contribution < -0.4 is 9.47 Å². The number of carboxylic acids is 4. The zero-order chi connectivity index (χ0) is 37.9. The smallest absolute Gasteiger partial charge is 0.336 e. The average Bonchev–Trinajstić information content (AvgIpc) is 3.12. The minimum Gasteiger partial charge on any atom is -0.504 e. The fourth-order valence-electron chi connectivity index (χ4n) is 4.32. The Morgan fingerprint density at radius 2 is 0.849 bits per heavy atom. The molecular formula is C34H26MnN6O12. The van der Waals surface area contributed by atoms with Crippen molar-refractivity contribution < 1.29 is 76.4 Å². The van der Waals surface area contributed by atoms with E-state index >= 15 is 0 Å². The van der Waals surface area contributed by atoms with Crippen molar-refractivity contribution in [3.05, 3.63) is 106 Å². The van der Waals surface area contributed by atoms with E-state index in [4.69, 9.17) is 9.47 Å². The van der Waals surface area contributed by atoms with Gasteiger partial charge in [0.15, 0.2) is 23.0 Å². The summed E-state index contributed by atoms with van der Waals surface area (Å²) in [6.45, 7) is 0. The number of phenolic OH excluding ortho intramolecular Hbond substituents is 2. The normalized spacial score (nSPS) is 11.4. The van der Waals surface area contributed by atoms with E-state index in [-0.39, 0.29) is 73.9 Å². The number of aliphatic imine (C=N–C) groups is 2. The standard InChI is InChI=1S/C34H26N6O12.Mn/c1-51-27-13-21(39-37-19-3-5-23(31(43)44)25(11-19)33(47)48)9-17(29(27)41)15-35-7-8-36-16-18-10-22(14-28(52-2)30(18)42)40-38-20-4-6-24(32(45)46)26(12-20)34(49)50;/h3-16,41-42H,1-2H3,(H,43,44)(H,45,46)(H,47,48)(H,49,50);/b8-7-,35-15?,36-16?,39-37?,40-38?;. The summed E-state index contributed by atoms with van der Waals surface area (Å²) >= 11 is 0. The van der Waals surface area contributed by atoms with Crippen LogP contribution in [0.2, 0.25) is 0 Å². The maximum absolute atomic E-state index is 11.5. The molecule has 0 aliphatic rings. The van der Waals surface area contributed by atoms with Crippen molar-refractivity contribution in [2.75, 3.05) is 14.2 Å². The second-order valence-electron chi connectivity index (χ2n) is 10.1. The van der Waals surface area contributed by atoms with E-state index in [1.165, 1.54) is 75.4 Å². The Morgan fingerprint density at radius 1 is 0.509 bits per heavy atom. The number of nitrogens with zero attached hydrogens (tertiary/aromatic N) is 6. The van der Waals surface area contributed by atoms with E-state index in [1.54, 1.807) is 0 Å². The molecule has 0 aromatic heterocycles. The van der Waals surface area contributed by atoms with Crippen molar-refractivity contribution in [2.24, 2.45) is 30.4 Å². The van der Waals surface area contributed by atoms with E-state index in [0.29, 0.717) is 0 Å². The Kier molecular flexibility index (Phi) is 13.7. The van der Waals surface area contributed by atoms with Crippen LogP contribution in [-0.4, -0.2) is 81.2 Å². The van der Waals surface area contributed by atoms with Crippen molar-refractivity contribution in [2.45, 2.75) is 0 Å². The van der Waals surface area contributed by atoms with Gasteiger partial charge in [-0.2, -0.15) is 20.5 Å². The predicted molar refractivity (Wildman–Crippen MR) is 183 cm³/mol. The van der Waals surface area contributed by atoms with Crippen LogP contribution in [0, 0.1) is 0 Å². The number of carboxylic acid groups (broad SMARTS) is 4. The molecule has 0 spiro atoms. The van der Waals surface area contributed by atoms with Gasteiger partial charge in [0.25, 0.3) is 0 Å². The van der Waals surface area contributed by atoms with E-state index in [0.717, 1.165) is 24.3 Å². The predicted octanol–water partition coefficient (Wildman–Crippen LogP) is 6.75. The number of ether oxygens (including phenoxy) is 2. The number of carbonyl (C=O) groups is 4. The molecule has 0 bridgehead atoms. The van der Waals surface area contributed by atoms with Crippen LogP contribution in [0.4, 0.5) is 22.7 Å². The molecule has 1 radical (unpaired) electrons. The second kappa shape index (κ2) is 18.1. The maximum Gasteiger partial charge on any atom is 0.336 e. The van der Waals surface area contributed by atoms with Gasteiger partial charge in [-0.1, -0.05) is 0 Å². The van der Waals surface area contributed by atoms with Crippen LogP contribution in [-0.2, 0) is 17.1 Å². The van der Waals surface area contributed by atoms with Crippen LogP contribution >= 0.6 is 0 Å². The first-order valence-corrected chi connectivity index (χ1v) is 14.4. The van der Waals surface area contributed by atoms with Gasteiger partial charge in [0.2, 0.25) is 0 Å². The summed E-state index contributed by atoms with van der Waals surface area (Å²) in [7, 11) is 2.62. The Labute approximate surface area is 308 Å². The molecule has 0 unspecified atom stereocenters. The summed E-state index contributed by atoms with van der Waals surface area (Å²) in [6.07, 6.45) is 5.03. The van der Waals surface area contributed by atoms with Gasteiger partial charge >= 0.3 is 23.9 Å². The van der Waals surface area contributed by atoms with E-state index in [1.807, 2.05) is 0 Å². The number of methoxy groups -OCH3 is 2. The van der Waals surface area contributed by atoms with Gasteiger partial charge in [0.05, 0.1) is 59.2 Å². The van der Waals surface area contributed by atoms with Crippen LogP contribution in [0.25, 0.3) is 0 Å². The zero-order valence-electron chi connectivity index (χ0n) is 27.3. The topological polar surface area (TPSA) is 282 Å². The van der Waals surface area contributed by atoms with Crippen molar-refractivity contribution in [3.8, 4) is 23.0 Å². The molecule has 18 nitrogen and oxygen atoms in total. The number of aromatic hydroxyl groups is 2. The molecule has 0 heterocycles. The van der Waals surface area contributed by atoms with E-state index in [2.05, 4.69) is 30.4 Å². The number of phenols is 2. The first kappa shape index (κ1) is 40.2. The minimum atomic E-state index is -1.45. The number of rotatable bonds is 14. The molecule has 53 heavy (non-hydrogen) atoms. The van der Waals surface area contributed by atoms with Crippen molar-refractivity contribution in [3.63, 3.8) is 0 Å². The third-order valence-electron chi connectivity index (χ3n) is 6.77. The molecule has 0 fully saturated rings. The van der Waals surface area contributed by atoms with Crippen molar-refractivity contribution >= 4 is 59.1 Å². The van der Waals surface area contributed by atoms with Crippen molar-refractivity contribution in [1.29, 1.82) is 0 Å². The number of azo groups is 2. The number of aromatic carboxylic acids is 4. The third-order valence-corrected chi connectivity index (χ3v) is 6.77. The molecular weight excluding hydrogens is 739 g/mol. The van der Waals surface area contributed by atoms with Crippen LogP contribution in [0.3, 0.4) is 0 Å². The van der Waals surface area contributed by atoms with Gasteiger partial charge in [0.1, 0.15) is 0 Å². The second-order valence-corrected chi connectivity index (χ2v) is 10.1. The Bertz CT molecular complexity index is 2080. The Hall–Kier alpha value is -7.24. The summed E-state index contributed by atoms with van der Waals surface area (Å²) in [4.78, 5) is 53.7. The van der Waals surface area contributed by atoms with Crippen LogP contribution in [0.15, 0.2) is 104 Å². The molecule has 271 valence electrons. The summed E-state index contributed by atoms with van der Waals surface area (Å²) in [5, 5.41) is 74.2. The summed E-state index contributed by atoms with van der Waals surface area (Å²) in [6, 6.07) is 12.4. The number of hydrogen-bond acceptors (Lipinski definition) is 14. The first-order valence-electron chi connectivity index (χ1n) is 14.4. The van der Waals surface area contributed by atoms with E-state index in [9.17, 15) is 49.8 Å². The molecule has 0 aliphatic heterocycles. The van der Waals surface area contributed by atoms with Crippen molar-refractivity contribution in [1.82, 2.24) is 0 Å². The maximum atomic E-state index is 11.5. The van der Waals surface area contributed by atoms with Crippen LogP contribution in [0.5, 0.6) is 23.0 Å². The molecule has 0 saturated carbocycles. The number of hydrogen-bond donors (Lipinski definition) is 6.